The first-order valence-electron chi connectivity index (χ1n) is 9.48. The van der Waals surface area contributed by atoms with Crippen molar-refractivity contribution >= 4 is 0 Å². The fourth-order valence-electron chi connectivity index (χ4n) is 2.30. The lowest BCUT2D eigenvalue weighted by atomic mass is 10.1. The van der Waals surface area contributed by atoms with Crippen molar-refractivity contribution in [3.05, 3.63) is 109 Å². The van der Waals surface area contributed by atoms with Crippen LogP contribution in [0.25, 0.3) is 0 Å². The molecule has 0 fully saturated rings. The zero-order valence-electron chi connectivity index (χ0n) is 15.3. The molecule has 0 aliphatic heterocycles. The third-order valence-electron chi connectivity index (χ3n) is 3.68. The fourth-order valence-corrected chi connectivity index (χ4v) is 2.30. The van der Waals surface area contributed by atoms with Crippen LogP contribution in [0.15, 0.2) is 109 Å². The van der Waals surface area contributed by atoms with Gasteiger partial charge in [0.1, 0.15) is 0 Å². The summed E-state index contributed by atoms with van der Waals surface area (Å²) in [5, 5.41) is 0. The van der Waals surface area contributed by atoms with Gasteiger partial charge in [-0.05, 0) is 25.7 Å². The molecule has 0 nitrogen and oxygen atoms in total. The SMILES string of the molecule is C1=CCCCCCCC\C=C/C=C\C=C/C=C\C=C/C=C\C=C/C=C\1. The van der Waals surface area contributed by atoms with Crippen LogP contribution in [0.3, 0.4) is 0 Å². The van der Waals surface area contributed by atoms with Crippen LogP contribution in [0.5, 0.6) is 0 Å². The average molecular weight is 333 g/mol. The van der Waals surface area contributed by atoms with Gasteiger partial charge in [-0.3, -0.25) is 0 Å². The monoisotopic (exact) mass is 332 g/mol. The molecule has 0 radical (unpaired) electrons. The van der Waals surface area contributed by atoms with Crippen molar-refractivity contribution in [3.63, 3.8) is 0 Å². The third kappa shape index (κ3) is 16.3. The summed E-state index contributed by atoms with van der Waals surface area (Å²) in [5.41, 5.74) is 0. The molecule has 0 aromatic carbocycles. The number of hydrogen-bond donors (Lipinski definition) is 0. The highest BCUT2D eigenvalue weighted by Crippen LogP contribution is 2.08. The number of allylic oxidation sites excluding steroid dienone is 18. The minimum absolute atomic E-state index is 1.19. The van der Waals surface area contributed by atoms with E-state index in [9.17, 15) is 0 Å². The maximum Gasteiger partial charge on any atom is -0.0348 e. The summed E-state index contributed by atoms with van der Waals surface area (Å²) in [6.45, 7) is 0. The Morgan fingerprint density at radius 1 is 0.240 bits per heavy atom. The maximum absolute atomic E-state index is 2.26. The maximum atomic E-state index is 2.26. The molecule has 0 saturated carbocycles. The van der Waals surface area contributed by atoms with Gasteiger partial charge in [0.25, 0.3) is 0 Å². The second-order valence-corrected chi connectivity index (χ2v) is 5.90. The topological polar surface area (TPSA) is 0 Å². The standard InChI is InChI=1S/C25H32/c1-2-4-6-8-10-12-14-16-18-20-22-24-25-23-21-19-17-15-13-11-9-7-5-3-1/h1-18H,19-25H2/b2-1-,5-3-,6-4-,9-7-,10-8-,13-11-,14-12-,17-15-,18-16?. The van der Waals surface area contributed by atoms with Crippen molar-refractivity contribution in [1.82, 2.24) is 0 Å². The molecule has 0 heterocycles. The predicted octanol–water partition coefficient (Wildman–Crippen LogP) is 7.74. The molecule has 1 aliphatic rings. The highest BCUT2D eigenvalue weighted by molar-refractivity contribution is 5.21. The molecule has 0 aromatic rings. The van der Waals surface area contributed by atoms with E-state index in [4.69, 9.17) is 0 Å². The second-order valence-electron chi connectivity index (χ2n) is 5.90. The summed E-state index contributed by atoms with van der Waals surface area (Å²) in [6.07, 6.45) is 46.5. The van der Waals surface area contributed by atoms with Crippen LogP contribution >= 0.6 is 0 Å². The first-order chi connectivity index (χ1) is 12.5. The Morgan fingerprint density at radius 3 is 0.800 bits per heavy atom. The predicted molar refractivity (Wildman–Crippen MR) is 115 cm³/mol. The molecule has 25 heavy (non-hydrogen) atoms. The lowest BCUT2D eigenvalue weighted by molar-refractivity contribution is 0.622. The van der Waals surface area contributed by atoms with Crippen LogP contribution in [-0.2, 0) is 0 Å². The normalized spacial score (nSPS) is 28.5. The number of hydrogen-bond acceptors (Lipinski definition) is 0. The van der Waals surface area contributed by atoms with Crippen LogP contribution in [0.2, 0.25) is 0 Å². The molecule has 1 aliphatic carbocycles. The van der Waals surface area contributed by atoms with Gasteiger partial charge in [-0.25, -0.2) is 0 Å². The number of rotatable bonds is 0. The van der Waals surface area contributed by atoms with Gasteiger partial charge in [0.2, 0.25) is 0 Å². The molecule has 0 atom stereocenters. The Hall–Kier alpha value is -2.34. The van der Waals surface area contributed by atoms with Crippen LogP contribution in [0.4, 0.5) is 0 Å². The minimum atomic E-state index is 1.19. The van der Waals surface area contributed by atoms with Crippen molar-refractivity contribution in [2.75, 3.05) is 0 Å². The van der Waals surface area contributed by atoms with Crippen LogP contribution in [-0.4, -0.2) is 0 Å². The van der Waals surface area contributed by atoms with E-state index in [0.717, 1.165) is 0 Å². The molecule has 0 aromatic heterocycles. The molecule has 0 spiro atoms. The smallest absolute Gasteiger partial charge is 0.0348 e. The minimum Gasteiger partial charge on any atom is -0.0845 e. The van der Waals surface area contributed by atoms with Crippen LogP contribution in [0.1, 0.15) is 44.9 Å². The van der Waals surface area contributed by atoms with Crippen LogP contribution < -0.4 is 0 Å². The summed E-state index contributed by atoms with van der Waals surface area (Å²) in [4.78, 5) is 0. The van der Waals surface area contributed by atoms with E-state index in [-0.39, 0.29) is 0 Å². The van der Waals surface area contributed by atoms with Gasteiger partial charge in [-0.2, -0.15) is 0 Å². The first kappa shape index (κ1) is 20.7. The van der Waals surface area contributed by atoms with E-state index in [0.29, 0.717) is 0 Å². The molecular weight excluding hydrogens is 300 g/mol. The van der Waals surface area contributed by atoms with E-state index in [2.05, 4.69) is 60.8 Å². The van der Waals surface area contributed by atoms with E-state index in [1.165, 1.54) is 44.9 Å². The van der Waals surface area contributed by atoms with Crippen molar-refractivity contribution in [2.24, 2.45) is 0 Å². The van der Waals surface area contributed by atoms with Crippen molar-refractivity contribution < 1.29 is 0 Å². The molecule has 0 heteroatoms. The largest absolute Gasteiger partial charge is 0.0845 e. The van der Waals surface area contributed by atoms with Crippen molar-refractivity contribution in [2.45, 2.75) is 44.9 Å². The summed E-state index contributed by atoms with van der Waals surface area (Å²) in [6, 6.07) is 0. The van der Waals surface area contributed by atoms with Crippen LogP contribution in [0, 0.1) is 0 Å². The van der Waals surface area contributed by atoms with Gasteiger partial charge in [-0.15, -0.1) is 0 Å². The Morgan fingerprint density at radius 2 is 0.480 bits per heavy atom. The molecule has 0 saturated heterocycles. The Kier molecular flexibility index (Phi) is 14.9. The van der Waals surface area contributed by atoms with Gasteiger partial charge < -0.3 is 0 Å². The molecule has 0 unspecified atom stereocenters. The van der Waals surface area contributed by atoms with Gasteiger partial charge in [-0.1, -0.05) is 129 Å². The van der Waals surface area contributed by atoms with Gasteiger partial charge in [0.15, 0.2) is 0 Å². The summed E-state index contributed by atoms with van der Waals surface area (Å²) in [7, 11) is 0. The summed E-state index contributed by atoms with van der Waals surface area (Å²) >= 11 is 0. The molecule has 0 N–H and O–H groups in total. The highest BCUT2D eigenvalue weighted by atomic mass is 13.9. The Balaban J connectivity index is 2.46. The highest BCUT2D eigenvalue weighted by Gasteiger charge is 1.88. The second kappa shape index (κ2) is 18.0. The van der Waals surface area contributed by atoms with E-state index >= 15 is 0 Å². The molecule has 0 amide bonds. The zero-order chi connectivity index (χ0) is 17.7. The van der Waals surface area contributed by atoms with E-state index < -0.39 is 0 Å². The van der Waals surface area contributed by atoms with Gasteiger partial charge >= 0.3 is 0 Å². The zero-order valence-corrected chi connectivity index (χ0v) is 15.3. The summed E-state index contributed by atoms with van der Waals surface area (Å²) < 4.78 is 0. The van der Waals surface area contributed by atoms with Gasteiger partial charge in [0.05, 0.1) is 0 Å². The van der Waals surface area contributed by atoms with Gasteiger partial charge in [0, 0.05) is 0 Å². The van der Waals surface area contributed by atoms with Crippen molar-refractivity contribution in [3.8, 4) is 0 Å². The fraction of sp³-hybridized carbons (Fsp3) is 0.280. The Bertz CT molecular complexity index is 507. The quantitative estimate of drug-likeness (QED) is 0.425. The average Bonchev–Trinajstić information content (AvgIpc) is 2.62. The lowest BCUT2D eigenvalue weighted by Gasteiger charge is -1.97. The Labute approximate surface area is 154 Å². The summed E-state index contributed by atoms with van der Waals surface area (Å²) in [5.74, 6) is 0. The molecule has 0 bridgehead atoms. The van der Waals surface area contributed by atoms with E-state index in [1.54, 1.807) is 0 Å². The first-order valence-corrected chi connectivity index (χ1v) is 9.48. The molecular formula is C25H32. The van der Waals surface area contributed by atoms with E-state index in [1.807, 2.05) is 48.6 Å². The van der Waals surface area contributed by atoms with Crippen molar-refractivity contribution in [1.29, 1.82) is 0 Å². The third-order valence-corrected chi connectivity index (χ3v) is 3.68. The molecule has 132 valence electrons. The molecule has 1 rings (SSSR count). The lowest BCUT2D eigenvalue weighted by Crippen LogP contribution is -1.78.